The Kier molecular flexibility index (Phi) is 10.7. The number of fused-ring (bicyclic) bond motifs is 2. The number of pyridine rings is 1. The van der Waals surface area contributed by atoms with Gasteiger partial charge in [0.25, 0.3) is 0 Å². The molecule has 1 unspecified atom stereocenters. The van der Waals surface area contributed by atoms with Crippen LogP contribution in [0.2, 0.25) is 0 Å². The first-order valence-electron chi connectivity index (χ1n) is 13.6. The summed E-state index contributed by atoms with van der Waals surface area (Å²) in [5.41, 5.74) is 3.83. The number of rotatable bonds is 14. The Labute approximate surface area is 237 Å². The first kappa shape index (κ1) is 29.4. The molecule has 1 aliphatic rings. The molecule has 1 aromatic heterocycles. The highest BCUT2D eigenvalue weighted by Crippen LogP contribution is 2.33. The van der Waals surface area contributed by atoms with Gasteiger partial charge in [0.2, 0.25) is 0 Å². The van der Waals surface area contributed by atoms with E-state index in [1.165, 1.54) is 13.2 Å². The fourth-order valence-electron chi connectivity index (χ4n) is 5.10. The van der Waals surface area contributed by atoms with Crippen molar-refractivity contribution in [3.8, 4) is 5.75 Å². The van der Waals surface area contributed by atoms with Crippen LogP contribution in [0.5, 0.6) is 5.75 Å². The monoisotopic (exact) mass is 601 g/mol. The maximum absolute atomic E-state index is 14.3. The number of Topliss-reactive ketones (excluding diaryl/α,β-unsaturated/α-hetero) is 1. The summed E-state index contributed by atoms with van der Waals surface area (Å²) in [5, 5.41) is 14.7. The van der Waals surface area contributed by atoms with Crippen LogP contribution in [0.25, 0.3) is 10.9 Å². The summed E-state index contributed by atoms with van der Waals surface area (Å²) in [6, 6.07) is 10.8. The van der Waals surface area contributed by atoms with Crippen LogP contribution >= 0.6 is 15.9 Å². The fourth-order valence-corrected chi connectivity index (χ4v) is 5.53. The lowest BCUT2D eigenvalue weighted by molar-refractivity contribution is 0.0970. The topological polar surface area (TPSA) is 83.9 Å². The predicted molar refractivity (Wildman–Crippen MR) is 155 cm³/mol. The molecule has 0 saturated heterocycles. The van der Waals surface area contributed by atoms with Crippen LogP contribution in [-0.2, 0) is 17.7 Å². The molecule has 0 spiro atoms. The SMILES string of the molecule is CCCOCCCCCC(=O)c1c2c(nc3ccccc13)CCN(CC(O)Nc1cc(Br)cc(F)c1OC)C2. The summed E-state index contributed by atoms with van der Waals surface area (Å²) < 4.78 is 25.6. The Hall–Kier alpha value is -2.59. The van der Waals surface area contributed by atoms with Crippen LogP contribution in [0.15, 0.2) is 40.9 Å². The van der Waals surface area contributed by atoms with Gasteiger partial charge < -0.3 is 19.9 Å². The number of nitrogens with zero attached hydrogens (tertiary/aromatic N) is 2. The molecule has 0 saturated carbocycles. The van der Waals surface area contributed by atoms with Crippen LogP contribution in [0.4, 0.5) is 10.1 Å². The van der Waals surface area contributed by atoms with Gasteiger partial charge in [-0.05, 0) is 43.0 Å². The Morgan fingerprint density at radius 3 is 2.85 bits per heavy atom. The van der Waals surface area contributed by atoms with E-state index in [9.17, 15) is 14.3 Å². The first-order chi connectivity index (χ1) is 18.9. The summed E-state index contributed by atoms with van der Waals surface area (Å²) in [7, 11) is 1.39. The zero-order valence-corrected chi connectivity index (χ0v) is 24.2. The maximum atomic E-state index is 14.3. The summed E-state index contributed by atoms with van der Waals surface area (Å²) in [4.78, 5) is 20.6. The predicted octanol–water partition coefficient (Wildman–Crippen LogP) is 6.10. The van der Waals surface area contributed by atoms with E-state index in [0.29, 0.717) is 36.1 Å². The average molecular weight is 603 g/mol. The molecule has 4 rings (SSSR count). The van der Waals surface area contributed by atoms with E-state index in [1.807, 2.05) is 24.3 Å². The molecule has 1 aliphatic heterocycles. The van der Waals surface area contributed by atoms with Gasteiger partial charge in [-0.15, -0.1) is 0 Å². The normalized spacial score (nSPS) is 14.3. The van der Waals surface area contributed by atoms with Gasteiger partial charge in [-0.1, -0.05) is 47.5 Å². The van der Waals surface area contributed by atoms with E-state index < -0.39 is 12.0 Å². The van der Waals surface area contributed by atoms with Crippen molar-refractivity contribution in [3.05, 3.63) is 63.5 Å². The second kappa shape index (κ2) is 14.2. The number of ketones is 1. The Balaban J connectivity index is 1.47. The molecule has 0 fully saturated rings. The third-order valence-corrected chi connectivity index (χ3v) is 7.37. The highest BCUT2D eigenvalue weighted by atomic mass is 79.9. The molecular formula is C30H37BrFN3O4. The van der Waals surface area contributed by atoms with Gasteiger partial charge in [-0.3, -0.25) is 14.7 Å². The molecule has 2 heterocycles. The number of unbranched alkanes of at least 4 members (excludes halogenated alkanes) is 2. The number of para-hydroxylation sites is 1. The summed E-state index contributed by atoms with van der Waals surface area (Å²) in [6.07, 6.45) is 3.91. The Bertz CT molecular complexity index is 1290. The third kappa shape index (κ3) is 7.54. The molecule has 39 heavy (non-hydrogen) atoms. The number of benzene rings is 2. The van der Waals surface area contributed by atoms with Crippen molar-refractivity contribution in [3.63, 3.8) is 0 Å². The van der Waals surface area contributed by atoms with E-state index in [-0.39, 0.29) is 18.1 Å². The molecule has 0 bridgehead atoms. The van der Waals surface area contributed by atoms with Crippen LogP contribution in [-0.4, -0.2) is 60.4 Å². The van der Waals surface area contributed by atoms with Crippen molar-refractivity contribution < 1.29 is 23.8 Å². The third-order valence-electron chi connectivity index (χ3n) is 6.91. The van der Waals surface area contributed by atoms with Gasteiger partial charge in [0.1, 0.15) is 6.23 Å². The lowest BCUT2D eigenvalue weighted by Gasteiger charge is -2.32. The second-order valence-corrected chi connectivity index (χ2v) is 10.8. The standard InChI is InChI=1S/C30H37BrFN3O4/c1-3-14-39-15-8-4-5-11-27(36)29-21-9-6-7-10-24(21)33-25-12-13-35(18-22(25)29)19-28(37)34-26-17-20(31)16-23(32)30(26)38-2/h6-7,9-10,16-17,28,34,37H,3-5,8,11-15,18-19H2,1-2H3. The fraction of sp³-hybridized carbons (Fsp3) is 0.467. The summed E-state index contributed by atoms with van der Waals surface area (Å²) >= 11 is 3.29. The second-order valence-electron chi connectivity index (χ2n) is 9.89. The number of halogens is 2. The molecule has 0 radical (unpaired) electrons. The number of ether oxygens (including phenoxy) is 2. The number of nitrogens with one attached hydrogen (secondary N) is 1. The van der Waals surface area contributed by atoms with Gasteiger partial charge in [0.15, 0.2) is 17.3 Å². The highest BCUT2D eigenvalue weighted by Gasteiger charge is 2.27. The minimum absolute atomic E-state index is 0.0433. The van der Waals surface area contributed by atoms with Crippen molar-refractivity contribution in [2.45, 2.75) is 58.2 Å². The molecule has 3 aromatic rings. The minimum atomic E-state index is -0.975. The Morgan fingerprint density at radius 1 is 1.23 bits per heavy atom. The van der Waals surface area contributed by atoms with Crippen LogP contribution in [0.3, 0.4) is 0 Å². The van der Waals surface area contributed by atoms with Gasteiger partial charge >= 0.3 is 0 Å². The van der Waals surface area contributed by atoms with E-state index in [2.05, 4.69) is 33.1 Å². The lowest BCUT2D eigenvalue weighted by Crippen LogP contribution is -2.40. The molecule has 0 amide bonds. The molecular weight excluding hydrogens is 565 g/mol. The molecule has 2 N–H and O–H groups in total. The lowest BCUT2D eigenvalue weighted by atomic mass is 9.91. The first-order valence-corrected chi connectivity index (χ1v) is 14.4. The number of carbonyl (C=O) groups excluding carboxylic acids is 1. The van der Waals surface area contributed by atoms with Crippen molar-refractivity contribution >= 4 is 38.3 Å². The zero-order valence-electron chi connectivity index (χ0n) is 22.6. The van der Waals surface area contributed by atoms with E-state index in [1.54, 1.807) is 6.07 Å². The van der Waals surface area contributed by atoms with Gasteiger partial charge in [-0.25, -0.2) is 4.39 Å². The Morgan fingerprint density at radius 2 is 2.05 bits per heavy atom. The van der Waals surface area contributed by atoms with E-state index in [4.69, 9.17) is 14.5 Å². The van der Waals surface area contributed by atoms with Crippen molar-refractivity contribution in [2.75, 3.05) is 38.7 Å². The number of hydrogen-bond donors (Lipinski definition) is 2. The van der Waals surface area contributed by atoms with Gasteiger partial charge in [-0.2, -0.15) is 0 Å². The molecule has 9 heteroatoms. The molecule has 7 nitrogen and oxygen atoms in total. The van der Waals surface area contributed by atoms with E-state index >= 15 is 0 Å². The molecule has 1 atom stereocenters. The van der Waals surface area contributed by atoms with Crippen LogP contribution < -0.4 is 10.1 Å². The quantitative estimate of drug-likeness (QED) is 0.131. The smallest absolute Gasteiger partial charge is 0.177 e. The number of β-amino-alcohol motifs (C(OH)–C–C–N with tert-alkyl or cyclic N) is 1. The molecule has 2 aromatic carbocycles. The highest BCUT2D eigenvalue weighted by molar-refractivity contribution is 9.10. The largest absolute Gasteiger partial charge is 0.492 e. The number of anilines is 1. The minimum Gasteiger partial charge on any atom is -0.492 e. The number of aromatic nitrogens is 1. The number of aliphatic hydroxyl groups is 1. The molecule has 0 aliphatic carbocycles. The summed E-state index contributed by atoms with van der Waals surface area (Å²) in [5.74, 6) is -0.348. The number of methoxy groups -OCH3 is 1. The van der Waals surface area contributed by atoms with Crippen molar-refractivity contribution in [1.82, 2.24) is 9.88 Å². The van der Waals surface area contributed by atoms with Gasteiger partial charge in [0, 0.05) is 66.8 Å². The maximum Gasteiger partial charge on any atom is 0.177 e. The zero-order chi connectivity index (χ0) is 27.8. The van der Waals surface area contributed by atoms with Crippen LogP contribution in [0.1, 0.15) is 60.6 Å². The number of carbonyl (C=O) groups is 1. The number of hydrogen-bond acceptors (Lipinski definition) is 7. The van der Waals surface area contributed by atoms with Gasteiger partial charge in [0.05, 0.1) is 18.3 Å². The average Bonchev–Trinajstić information content (AvgIpc) is 2.91. The van der Waals surface area contributed by atoms with Crippen molar-refractivity contribution in [1.29, 1.82) is 0 Å². The number of aliphatic hydroxyl groups excluding tert-OH is 1. The van der Waals surface area contributed by atoms with Crippen molar-refractivity contribution in [2.24, 2.45) is 0 Å². The van der Waals surface area contributed by atoms with Crippen LogP contribution in [0, 0.1) is 5.82 Å². The summed E-state index contributed by atoms with van der Waals surface area (Å²) in [6.45, 7) is 5.09. The molecule has 210 valence electrons. The van der Waals surface area contributed by atoms with E-state index in [0.717, 1.165) is 66.6 Å².